The first-order chi connectivity index (χ1) is 12.2. The Morgan fingerprint density at radius 3 is 2.68 bits per heavy atom. The van der Waals surface area contributed by atoms with Gasteiger partial charge in [0.25, 0.3) is 5.91 Å². The fourth-order valence-electron chi connectivity index (χ4n) is 3.13. The second kappa shape index (κ2) is 7.85. The number of aryl methyl sites for hydroxylation is 1. The first-order valence-electron chi connectivity index (χ1n) is 8.65. The number of rotatable bonds is 4. The fourth-order valence-corrected chi connectivity index (χ4v) is 3.13. The Balaban J connectivity index is 1.52. The number of nitrogens with zero attached hydrogens (tertiary/aromatic N) is 2. The maximum atomic E-state index is 12.6. The highest BCUT2D eigenvalue weighted by molar-refractivity contribution is 5.94. The maximum Gasteiger partial charge on any atom is 0.253 e. The Bertz CT molecular complexity index is 786. The molecule has 0 unspecified atom stereocenters. The molecule has 0 N–H and O–H groups in total. The highest BCUT2D eigenvalue weighted by Gasteiger charge is 2.24. The zero-order valence-corrected chi connectivity index (χ0v) is 14.4. The lowest BCUT2D eigenvalue weighted by atomic mass is 9.97. The van der Waals surface area contributed by atoms with Crippen molar-refractivity contribution in [2.75, 3.05) is 19.7 Å². The third kappa shape index (κ3) is 4.19. The second-order valence-electron chi connectivity index (χ2n) is 6.50. The second-order valence-corrected chi connectivity index (χ2v) is 6.50. The van der Waals surface area contributed by atoms with Crippen LogP contribution >= 0.6 is 0 Å². The van der Waals surface area contributed by atoms with Crippen molar-refractivity contribution in [3.05, 3.63) is 65.2 Å². The van der Waals surface area contributed by atoms with E-state index in [9.17, 15) is 4.79 Å². The van der Waals surface area contributed by atoms with E-state index < -0.39 is 0 Å². The molecule has 1 saturated heterocycles. The first kappa shape index (κ1) is 17.0. The summed E-state index contributed by atoms with van der Waals surface area (Å²) in [7, 11) is 0. The molecular weight excluding hydrogens is 312 g/mol. The highest BCUT2D eigenvalue weighted by atomic mass is 16.5. The lowest BCUT2D eigenvalue weighted by Crippen LogP contribution is -2.39. The van der Waals surface area contributed by atoms with E-state index in [0.29, 0.717) is 23.7 Å². The zero-order chi connectivity index (χ0) is 17.6. The maximum absolute atomic E-state index is 12.6. The van der Waals surface area contributed by atoms with Gasteiger partial charge in [-0.05, 0) is 55.5 Å². The predicted octanol–water partition coefficient (Wildman–Crippen LogP) is 3.80. The smallest absolute Gasteiger partial charge is 0.253 e. The average molecular weight is 334 g/mol. The molecule has 2 aromatic rings. The number of hydrogen-bond acceptors (Lipinski definition) is 3. The lowest BCUT2D eigenvalue weighted by molar-refractivity contribution is 0.0661. The minimum atomic E-state index is 0.00960. The Kier molecular flexibility index (Phi) is 5.35. The number of amides is 1. The number of carbonyl (C=O) groups is 1. The molecule has 1 heterocycles. The molecule has 0 bridgehead atoms. The van der Waals surface area contributed by atoms with Crippen LogP contribution in [0.1, 0.15) is 34.3 Å². The molecule has 2 aromatic carbocycles. The van der Waals surface area contributed by atoms with E-state index in [2.05, 4.69) is 6.07 Å². The molecule has 4 nitrogen and oxygen atoms in total. The Hall–Kier alpha value is -2.80. The number of piperidine rings is 1. The van der Waals surface area contributed by atoms with Crippen LogP contribution in [0.5, 0.6) is 5.75 Å². The topological polar surface area (TPSA) is 53.3 Å². The number of likely N-dealkylation sites (tertiary alicyclic amines) is 1. The third-order valence-electron chi connectivity index (χ3n) is 4.71. The van der Waals surface area contributed by atoms with Crippen LogP contribution in [0.15, 0.2) is 48.5 Å². The lowest BCUT2D eigenvalue weighted by Gasteiger charge is -2.32. The average Bonchev–Trinajstić information content (AvgIpc) is 2.67. The Morgan fingerprint density at radius 2 is 1.96 bits per heavy atom. The quantitative estimate of drug-likeness (QED) is 0.854. The van der Waals surface area contributed by atoms with Gasteiger partial charge < -0.3 is 9.64 Å². The monoisotopic (exact) mass is 334 g/mol. The summed E-state index contributed by atoms with van der Waals surface area (Å²) < 4.78 is 5.95. The summed E-state index contributed by atoms with van der Waals surface area (Å²) in [5.74, 6) is 1.42. The molecule has 4 heteroatoms. The van der Waals surface area contributed by atoms with Gasteiger partial charge in [-0.15, -0.1) is 0 Å². The van der Waals surface area contributed by atoms with Crippen molar-refractivity contribution in [1.29, 1.82) is 5.26 Å². The molecule has 3 rings (SSSR count). The molecule has 0 aliphatic carbocycles. The van der Waals surface area contributed by atoms with Crippen molar-refractivity contribution >= 4 is 5.91 Å². The summed E-state index contributed by atoms with van der Waals surface area (Å²) in [4.78, 5) is 14.5. The minimum Gasteiger partial charge on any atom is -0.493 e. The van der Waals surface area contributed by atoms with Crippen molar-refractivity contribution in [2.24, 2.45) is 5.92 Å². The van der Waals surface area contributed by atoms with Gasteiger partial charge >= 0.3 is 0 Å². The summed E-state index contributed by atoms with van der Waals surface area (Å²) in [6.45, 7) is 4.21. The van der Waals surface area contributed by atoms with Gasteiger partial charge in [0.15, 0.2) is 0 Å². The van der Waals surface area contributed by atoms with Crippen LogP contribution in [0.3, 0.4) is 0 Å². The van der Waals surface area contributed by atoms with Gasteiger partial charge in [-0.2, -0.15) is 5.26 Å². The van der Waals surface area contributed by atoms with Gasteiger partial charge in [-0.3, -0.25) is 4.79 Å². The van der Waals surface area contributed by atoms with Crippen LogP contribution in [0.4, 0.5) is 0 Å². The van der Waals surface area contributed by atoms with Crippen molar-refractivity contribution in [2.45, 2.75) is 19.8 Å². The standard InChI is InChI=1S/C21H22N2O2/c1-16-5-2-3-8-20(16)25-15-17-9-11-23(12-10-17)21(24)19-7-4-6-18(13-19)14-22/h2-8,13,17H,9-12,15H2,1H3. The Labute approximate surface area is 148 Å². The molecule has 0 atom stereocenters. The molecule has 1 aliphatic heterocycles. The molecule has 1 fully saturated rings. The van der Waals surface area contributed by atoms with Crippen LogP contribution in [0, 0.1) is 24.2 Å². The predicted molar refractivity (Wildman–Crippen MR) is 96.5 cm³/mol. The van der Waals surface area contributed by atoms with Crippen LogP contribution in [-0.2, 0) is 0 Å². The van der Waals surface area contributed by atoms with Crippen molar-refractivity contribution in [1.82, 2.24) is 4.90 Å². The molecule has 25 heavy (non-hydrogen) atoms. The van der Waals surface area contributed by atoms with Gasteiger partial charge in [0.2, 0.25) is 0 Å². The number of carbonyl (C=O) groups excluding carboxylic acids is 1. The molecule has 128 valence electrons. The summed E-state index contributed by atoms with van der Waals surface area (Å²) in [6, 6.07) is 17.0. The number of hydrogen-bond donors (Lipinski definition) is 0. The summed E-state index contributed by atoms with van der Waals surface area (Å²) >= 11 is 0. The molecular formula is C21H22N2O2. The largest absolute Gasteiger partial charge is 0.493 e. The van der Waals surface area contributed by atoms with E-state index in [1.54, 1.807) is 24.3 Å². The van der Waals surface area contributed by atoms with E-state index in [1.165, 1.54) is 0 Å². The molecule has 1 aliphatic rings. The molecule has 0 spiro atoms. The summed E-state index contributed by atoms with van der Waals surface area (Å²) in [5, 5.41) is 8.97. The minimum absolute atomic E-state index is 0.00960. The number of benzene rings is 2. The van der Waals surface area contributed by atoms with Crippen LogP contribution < -0.4 is 4.74 Å². The normalized spacial score (nSPS) is 14.8. The van der Waals surface area contributed by atoms with Gasteiger partial charge in [0.05, 0.1) is 18.2 Å². The van der Waals surface area contributed by atoms with E-state index in [1.807, 2.05) is 36.1 Å². The molecule has 0 radical (unpaired) electrons. The van der Waals surface area contributed by atoms with Gasteiger partial charge in [0.1, 0.15) is 5.75 Å². The Morgan fingerprint density at radius 1 is 1.20 bits per heavy atom. The van der Waals surface area contributed by atoms with Gasteiger partial charge in [-0.1, -0.05) is 24.3 Å². The van der Waals surface area contributed by atoms with E-state index in [-0.39, 0.29) is 5.91 Å². The SMILES string of the molecule is Cc1ccccc1OCC1CCN(C(=O)c2cccc(C#N)c2)CC1. The van der Waals surface area contributed by atoms with Crippen molar-refractivity contribution in [3.63, 3.8) is 0 Å². The highest BCUT2D eigenvalue weighted by Crippen LogP contribution is 2.22. The van der Waals surface area contributed by atoms with Crippen molar-refractivity contribution < 1.29 is 9.53 Å². The summed E-state index contributed by atoms with van der Waals surface area (Å²) in [6.07, 6.45) is 1.88. The molecule has 0 aromatic heterocycles. The number of ether oxygens (including phenoxy) is 1. The third-order valence-corrected chi connectivity index (χ3v) is 4.71. The van der Waals surface area contributed by atoms with E-state index in [4.69, 9.17) is 10.00 Å². The summed E-state index contributed by atoms with van der Waals surface area (Å²) in [5.41, 5.74) is 2.26. The van der Waals surface area contributed by atoms with Crippen LogP contribution in [-0.4, -0.2) is 30.5 Å². The molecule has 1 amide bonds. The fraction of sp³-hybridized carbons (Fsp3) is 0.333. The van der Waals surface area contributed by atoms with E-state index in [0.717, 1.165) is 37.2 Å². The van der Waals surface area contributed by atoms with E-state index >= 15 is 0 Å². The van der Waals surface area contributed by atoms with Gasteiger partial charge in [0, 0.05) is 18.7 Å². The number of para-hydroxylation sites is 1. The van der Waals surface area contributed by atoms with Gasteiger partial charge in [-0.25, -0.2) is 0 Å². The zero-order valence-electron chi connectivity index (χ0n) is 14.4. The first-order valence-corrected chi connectivity index (χ1v) is 8.65. The van der Waals surface area contributed by atoms with Crippen molar-refractivity contribution in [3.8, 4) is 11.8 Å². The van der Waals surface area contributed by atoms with Crippen LogP contribution in [0.25, 0.3) is 0 Å². The van der Waals surface area contributed by atoms with Crippen LogP contribution in [0.2, 0.25) is 0 Å². The number of nitriles is 1. The molecule has 0 saturated carbocycles.